The third kappa shape index (κ3) is 2.24. The van der Waals surface area contributed by atoms with Crippen LogP contribution in [0.25, 0.3) is 0 Å². The zero-order valence-electron chi connectivity index (χ0n) is 11.7. The molecule has 0 aromatic heterocycles. The average molecular weight is 274 g/mol. The minimum Gasteiger partial charge on any atom is -0.457 e. The van der Waals surface area contributed by atoms with E-state index in [1.165, 1.54) is 0 Å². The van der Waals surface area contributed by atoms with Crippen LogP contribution in [0.1, 0.15) is 22.3 Å². The van der Waals surface area contributed by atoms with Crippen LogP contribution in [0.3, 0.4) is 0 Å². The summed E-state index contributed by atoms with van der Waals surface area (Å²) in [5.41, 5.74) is 1.60. The van der Waals surface area contributed by atoms with E-state index >= 15 is 0 Å². The molecule has 2 fully saturated rings. The predicted molar refractivity (Wildman–Crippen MR) is 73.5 cm³/mol. The molecule has 0 bridgehead atoms. The second kappa shape index (κ2) is 4.81. The van der Waals surface area contributed by atoms with E-state index in [-0.39, 0.29) is 24.1 Å². The molecule has 0 radical (unpaired) electrons. The lowest BCUT2D eigenvalue weighted by Gasteiger charge is -2.16. The molecule has 0 spiro atoms. The van der Waals surface area contributed by atoms with Crippen molar-refractivity contribution in [1.29, 1.82) is 0 Å². The highest BCUT2D eigenvalue weighted by Crippen LogP contribution is 2.27. The molecule has 20 heavy (non-hydrogen) atoms. The van der Waals surface area contributed by atoms with Gasteiger partial charge in [-0.15, -0.1) is 0 Å². The third-order valence-corrected chi connectivity index (χ3v) is 3.96. The minimum absolute atomic E-state index is 0.0316. The smallest absolute Gasteiger partial charge is 0.338 e. The number of rotatable bonds is 2. The summed E-state index contributed by atoms with van der Waals surface area (Å²) in [6, 6.07) is 7.57. The van der Waals surface area contributed by atoms with Gasteiger partial charge in [0.05, 0.1) is 18.2 Å². The number of fused-ring (bicyclic) bond motifs is 1. The topological polar surface area (TPSA) is 49.9 Å². The van der Waals surface area contributed by atoms with Gasteiger partial charge in [0.15, 0.2) is 0 Å². The highest BCUT2D eigenvalue weighted by atomic mass is 16.5. The molecule has 1 aromatic rings. The summed E-state index contributed by atoms with van der Waals surface area (Å²) in [4.78, 5) is 27.4. The van der Waals surface area contributed by atoms with Crippen LogP contribution in [0, 0.1) is 6.92 Å². The molecular formula is C15H18N2O3. The summed E-state index contributed by atoms with van der Waals surface area (Å²) in [5, 5.41) is 0. The molecular weight excluding hydrogens is 256 g/mol. The van der Waals surface area contributed by atoms with Crippen molar-refractivity contribution in [2.75, 3.05) is 20.1 Å². The molecule has 5 heteroatoms. The van der Waals surface area contributed by atoms with Crippen LogP contribution in [0.15, 0.2) is 24.3 Å². The van der Waals surface area contributed by atoms with Crippen molar-refractivity contribution in [1.82, 2.24) is 9.80 Å². The summed E-state index contributed by atoms with van der Waals surface area (Å²) in [5.74, 6) is -0.305. The summed E-state index contributed by atoms with van der Waals surface area (Å²) >= 11 is 0. The molecule has 106 valence electrons. The number of hydrogen-bond acceptors (Lipinski definition) is 3. The Labute approximate surface area is 118 Å². The van der Waals surface area contributed by atoms with E-state index < -0.39 is 0 Å². The first-order chi connectivity index (χ1) is 9.54. The van der Waals surface area contributed by atoms with Gasteiger partial charge in [-0.25, -0.2) is 9.59 Å². The largest absolute Gasteiger partial charge is 0.457 e. The van der Waals surface area contributed by atoms with Gasteiger partial charge in [0.25, 0.3) is 0 Å². The zero-order chi connectivity index (χ0) is 14.3. The van der Waals surface area contributed by atoms with Crippen molar-refractivity contribution >= 4 is 12.0 Å². The van der Waals surface area contributed by atoms with Crippen LogP contribution < -0.4 is 0 Å². The summed E-state index contributed by atoms with van der Waals surface area (Å²) in [6.07, 6.45) is 0.541. The van der Waals surface area contributed by atoms with Crippen LogP contribution in [0.4, 0.5) is 4.79 Å². The SMILES string of the molecule is Cc1cccc(C(=O)O[C@@H]2C[C@H]3CN(C)C(=O)N3C2)c1. The van der Waals surface area contributed by atoms with E-state index in [9.17, 15) is 9.59 Å². The fourth-order valence-electron chi connectivity index (χ4n) is 2.97. The molecule has 0 N–H and O–H groups in total. The van der Waals surface area contributed by atoms with Gasteiger partial charge in [-0.2, -0.15) is 0 Å². The van der Waals surface area contributed by atoms with Crippen LogP contribution in [-0.2, 0) is 4.74 Å². The number of urea groups is 1. The summed E-state index contributed by atoms with van der Waals surface area (Å²) < 4.78 is 5.52. The fourth-order valence-corrected chi connectivity index (χ4v) is 2.97. The summed E-state index contributed by atoms with van der Waals surface area (Å²) in [6.45, 7) is 3.17. The molecule has 0 aliphatic carbocycles. The number of nitrogens with zero attached hydrogens (tertiary/aromatic N) is 2. The first-order valence-corrected chi connectivity index (χ1v) is 6.84. The lowest BCUT2D eigenvalue weighted by molar-refractivity contribution is 0.0320. The van der Waals surface area contributed by atoms with E-state index in [0.29, 0.717) is 12.1 Å². The molecule has 2 heterocycles. The normalized spacial score (nSPS) is 25.0. The van der Waals surface area contributed by atoms with Gasteiger partial charge in [-0.3, -0.25) is 0 Å². The van der Waals surface area contributed by atoms with Crippen molar-refractivity contribution in [2.45, 2.75) is 25.5 Å². The Morgan fingerprint density at radius 1 is 1.35 bits per heavy atom. The van der Waals surface area contributed by atoms with Gasteiger partial charge in [0, 0.05) is 20.0 Å². The number of aryl methyl sites for hydroxylation is 1. The van der Waals surface area contributed by atoms with Gasteiger partial charge < -0.3 is 14.5 Å². The van der Waals surface area contributed by atoms with E-state index in [1.807, 2.05) is 25.1 Å². The van der Waals surface area contributed by atoms with Gasteiger partial charge in [0.2, 0.25) is 0 Å². The average Bonchev–Trinajstić information content (AvgIpc) is 2.90. The first-order valence-electron chi connectivity index (χ1n) is 6.84. The van der Waals surface area contributed by atoms with Crippen LogP contribution in [0.5, 0.6) is 0 Å². The fraction of sp³-hybridized carbons (Fsp3) is 0.467. The molecule has 5 nitrogen and oxygen atoms in total. The molecule has 0 unspecified atom stereocenters. The number of esters is 1. The van der Waals surface area contributed by atoms with Crippen molar-refractivity contribution in [3.05, 3.63) is 35.4 Å². The zero-order valence-corrected chi connectivity index (χ0v) is 11.7. The quantitative estimate of drug-likeness (QED) is 0.771. The van der Waals surface area contributed by atoms with E-state index in [1.54, 1.807) is 22.9 Å². The van der Waals surface area contributed by atoms with Crippen molar-refractivity contribution < 1.29 is 14.3 Å². The highest BCUT2D eigenvalue weighted by Gasteiger charge is 2.43. The minimum atomic E-state index is -0.305. The number of amides is 2. The number of hydrogen-bond donors (Lipinski definition) is 0. The Morgan fingerprint density at radius 3 is 2.85 bits per heavy atom. The number of benzene rings is 1. The lowest BCUT2D eigenvalue weighted by atomic mass is 10.1. The maximum Gasteiger partial charge on any atom is 0.338 e. The van der Waals surface area contributed by atoms with E-state index in [4.69, 9.17) is 4.74 Å². The first kappa shape index (κ1) is 13.0. The number of ether oxygens (including phenoxy) is 1. The standard InChI is InChI=1S/C15H18N2O3/c1-10-4-3-5-11(6-10)14(18)20-13-7-12-8-16(2)15(19)17(12)9-13/h3-6,12-13H,7-9H2,1-2H3/t12-,13+/m0/s1. The molecule has 3 rings (SSSR count). The van der Waals surface area contributed by atoms with Crippen molar-refractivity contribution in [2.24, 2.45) is 0 Å². The Kier molecular flexibility index (Phi) is 3.12. The Hall–Kier alpha value is -2.04. The van der Waals surface area contributed by atoms with Gasteiger partial charge in [-0.05, 0) is 19.1 Å². The number of carbonyl (C=O) groups excluding carboxylic acids is 2. The molecule has 2 amide bonds. The molecule has 2 atom stereocenters. The Morgan fingerprint density at radius 2 is 2.15 bits per heavy atom. The molecule has 1 aromatic carbocycles. The predicted octanol–water partition coefficient (Wildman–Crippen LogP) is 1.66. The van der Waals surface area contributed by atoms with Crippen LogP contribution >= 0.6 is 0 Å². The van der Waals surface area contributed by atoms with E-state index in [2.05, 4.69) is 0 Å². The van der Waals surface area contributed by atoms with Gasteiger partial charge in [-0.1, -0.05) is 17.7 Å². The molecule has 2 aliphatic heterocycles. The molecule has 0 saturated carbocycles. The maximum atomic E-state index is 12.1. The Bertz CT molecular complexity index is 558. The van der Waals surface area contributed by atoms with Gasteiger partial charge in [0.1, 0.15) is 6.10 Å². The summed E-state index contributed by atoms with van der Waals surface area (Å²) in [7, 11) is 1.80. The van der Waals surface area contributed by atoms with Crippen molar-refractivity contribution in [3.8, 4) is 0 Å². The second-order valence-electron chi connectivity index (χ2n) is 5.60. The lowest BCUT2D eigenvalue weighted by Crippen LogP contribution is -2.32. The number of likely N-dealkylation sites (N-methyl/N-ethyl adjacent to an activating group) is 1. The van der Waals surface area contributed by atoms with E-state index in [0.717, 1.165) is 18.5 Å². The number of carbonyl (C=O) groups is 2. The molecule has 2 saturated heterocycles. The third-order valence-electron chi connectivity index (χ3n) is 3.96. The molecule has 2 aliphatic rings. The maximum absolute atomic E-state index is 12.1. The van der Waals surface area contributed by atoms with Crippen molar-refractivity contribution in [3.63, 3.8) is 0 Å². The monoisotopic (exact) mass is 274 g/mol. The van der Waals surface area contributed by atoms with Crippen LogP contribution in [0.2, 0.25) is 0 Å². The van der Waals surface area contributed by atoms with Gasteiger partial charge >= 0.3 is 12.0 Å². The highest BCUT2D eigenvalue weighted by molar-refractivity contribution is 5.89. The Balaban J connectivity index is 1.63. The van der Waals surface area contributed by atoms with Crippen LogP contribution in [-0.4, -0.2) is 54.1 Å². The second-order valence-corrected chi connectivity index (χ2v) is 5.60.